The van der Waals surface area contributed by atoms with Crippen molar-refractivity contribution in [3.63, 3.8) is 0 Å². The van der Waals surface area contributed by atoms with Crippen molar-refractivity contribution in [2.75, 3.05) is 19.7 Å². The highest BCUT2D eigenvalue weighted by molar-refractivity contribution is 4.69. The minimum Gasteiger partial charge on any atom is -0.377 e. The average molecular weight is 226 g/mol. The molecule has 0 bridgehead atoms. The van der Waals surface area contributed by atoms with Gasteiger partial charge in [0.2, 0.25) is 0 Å². The highest BCUT2D eigenvalue weighted by Gasteiger charge is 2.14. The second-order valence-corrected chi connectivity index (χ2v) is 4.09. The van der Waals surface area contributed by atoms with Crippen LogP contribution in [0.25, 0.3) is 0 Å². The van der Waals surface area contributed by atoms with Gasteiger partial charge < -0.3 is 10.1 Å². The van der Waals surface area contributed by atoms with E-state index in [9.17, 15) is 4.79 Å². The van der Waals surface area contributed by atoms with E-state index in [4.69, 9.17) is 4.74 Å². The first kappa shape index (κ1) is 11.3. The summed E-state index contributed by atoms with van der Waals surface area (Å²) in [6, 6.07) is 0. The number of nitrogens with zero attached hydrogens (tertiary/aromatic N) is 3. The van der Waals surface area contributed by atoms with Gasteiger partial charge in [0.1, 0.15) is 6.33 Å². The lowest BCUT2D eigenvalue weighted by Crippen LogP contribution is -2.32. The van der Waals surface area contributed by atoms with Crippen LogP contribution in [0, 0.1) is 0 Å². The fraction of sp³-hybridized carbons (Fsp3) is 0.800. The lowest BCUT2D eigenvalue weighted by atomic mass is 10.2. The molecule has 0 aliphatic carbocycles. The largest absolute Gasteiger partial charge is 0.377 e. The van der Waals surface area contributed by atoms with Crippen molar-refractivity contribution < 1.29 is 4.74 Å². The van der Waals surface area contributed by atoms with E-state index in [0.717, 1.165) is 32.5 Å². The summed E-state index contributed by atoms with van der Waals surface area (Å²) < 4.78 is 8.42. The summed E-state index contributed by atoms with van der Waals surface area (Å²) in [5.41, 5.74) is -0.0704. The Morgan fingerprint density at radius 3 is 3.19 bits per heavy atom. The lowest BCUT2D eigenvalue weighted by Gasteiger charge is -2.10. The van der Waals surface area contributed by atoms with E-state index in [1.807, 2.05) is 0 Å². The molecule has 1 saturated heterocycles. The van der Waals surface area contributed by atoms with Crippen molar-refractivity contribution in [2.45, 2.75) is 25.5 Å². The Balaban J connectivity index is 1.68. The molecule has 1 aliphatic heterocycles. The predicted molar refractivity (Wildman–Crippen MR) is 59.3 cm³/mol. The summed E-state index contributed by atoms with van der Waals surface area (Å²) in [5.74, 6) is 0. The summed E-state index contributed by atoms with van der Waals surface area (Å²) in [6.07, 6.45) is 4.17. The highest BCUT2D eigenvalue weighted by Crippen LogP contribution is 2.10. The minimum atomic E-state index is -0.0704. The zero-order chi connectivity index (χ0) is 11.4. The van der Waals surface area contributed by atoms with Gasteiger partial charge in [0, 0.05) is 26.7 Å². The van der Waals surface area contributed by atoms with Crippen molar-refractivity contribution in [1.82, 2.24) is 19.7 Å². The molecular weight excluding hydrogens is 208 g/mol. The van der Waals surface area contributed by atoms with Gasteiger partial charge in [-0.05, 0) is 12.8 Å². The number of aromatic nitrogens is 3. The predicted octanol–water partition coefficient (Wildman–Crippen LogP) is -0.650. The van der Waals surface area contributed by atoms with Gasteiger partial charge in [0.15, 0.2) is 0 Å². The van der Waals surface area contributed by atoms with E-state index in [1.165, 1.54) is 15.6 Å². The minimum absolute atomic E-state index is 0.0704. The third kappa shape index (κ3) is 2.70. The van der Waals surface area contributed by atoms with Crippen molar-refractivity contribution in [3.05, 3.63) is 16.8 Å². The van der Waals surface area contributed by atoms with E-state index in [1.54, 1.807) is 7.05 Å². The van der Waals surface area contributed by atoms with Crippen LogP contribution in [0.1, 0.15) is 12.8 Å². The van der Waals surface area contributed by atoms with E-state index in [2.05, 4.69) is 10.4 Å². The molecule has 0 radical (unpaired) electrons. The maximum Gasteiger partial charge on any atom is 0.345 e. The maximum atomic E-state index is 11.4. The molecule has 1 atom stereocenters. The Bertz CT molecular complexity index is 378. The summed E-state index contributed by atoms with van der Waals surface area (Å²) in [4.78, 5) is 11.4. The third-order valence-corrected chi connectivity index (χ3v) is 2.78. The molecule has 2 rings (SSSR count). The van der Waals surface area contributed by atoms with E-state index in [0.29, 0.717) is 12.6 Å². The Morgan fingerprint density at radius 1 is 1.69 bits per heavy atom. The summed E-state index contributed by atoms with van der Waals surface area (Å²) in [7, 11) is 1.70. The van der Waals surface area contributed by atoms with Crippen molar-refractivity contribution in [3.8, 4) is 0 Å². The van der Waals surface area contributed by atoms with E-state index < -0.39 is 0 Å². The topological polar surface area (TPSA) is 61.1 Å². The lowest BCUT2D eigenvalue weighted by molar-refractivity contribution is 0.110. The van der Waals surface area contributed by atoms with E-state index in [-0.39, 0.29) is 5.69 Å². The highest BCUT2D eigenvalue weighted by atomic mass is 16.5. The van der Waals surface area contributed by atoms with Crippen LogP contribution in [0.15, 0.2) is 11.1 Å². The zero-order valence-corrected chi connectivity index (χ0v) is 9.56. The molecule has 2 heterocycles. The van der Waals surface area contributed by atoms with Gasteiger partial charge in [-0.2, -0.15) is 5.10 Å². The van der Waals surface area contributed by atoms with Gasteiger partial charge in [0.25, 0.3) is 0 Å². The van der Waals surface area contributed by atoms with Crippen LogP contribution in [-0.2, 0) is 18.3 Å². The zero-order valence-electron chi connectivity index (χ0n) is 9.56. The monoisotopic (exact) mass is 226 g/mol. The smallest absolute Gasteiger partial charge is 0.345 e. The molecule has 90 valence electrons. The summed E-state index contributed by atoms with van der Waals surface area (Å²) in [6.45, 7) is 3.09. The van der Waals surface area contributed by atoms with Crippen molar-refractivity contribution in [2.24, 2.45) is 7.05 Å². The van der Waals surface area contributed by atoms with Crippen LogP contribution >= 0.6 is 0 Å². The molecule has 6 heteroatoms. The molecule has 1 aromatic heterocycles. The molecule has 1 aliphatic rings. The number of rotatable bonds is 5. The van der Waals surface area contributed by atoms with E-state index >= 15 is 0 Å². The van der Waals surface area contributed by atoms with Gasteiger partial charge in [-0.1, -0.05) is 0 Å². The number of nitrogens with one attached hydrogen (secondary N) is 1. The van der Waals surface area contributed by atoms with Crippen LogP contribution < -0.4 is 11.0 Å². The second kappa shape index (κ2) is 5.27. The molecule has 1 fully saturated rings. The number of hydrogen-bond acceptors (Lipinski definition) is 4. The number of hydrogen-bond donors (Lipinski definition) is 1. The van der Waals surface area contributed by atoms with Gasteiger partial charge in [-0.3, -0.25) is 4.57 Å². The third-order valence-electron chi connectivity index (χ3n) is 2.78. The van der Waals surface area contributed by atoms with Crippen molar-refractivity contribution in [1.29, 1.82) is 0 Å². The molecule has 6 nitrogen and oxygen atoms in total. The fourth-order valence-electron chi connectivity index (χ4n) is 1.83. The maximum absolute atomic E-state index is 11.4. The van der Waals surface area contributed by atoms with Crippen molar-refractivity contribution >= 4 is 0 Å². The Morgan fingerprint density at radius 2 is 2.56 bits per heavy atom. The molecule has 1 N–H and O–H groups in total. The molecular formula is C10H18N4O2. The van der Waals surface area contributed by atoms with Crippen LogP contribution in [0.3, 0.4) is 0 Å². The first-order valence-electron chi connectivity index (χ1n) is 5.68. The SMILES string of the molecule is Cn1cnn(CCNCC2CCCO2)c1=O. The molecule has 0 spiro atoms. The van der Waals surface area contributed by atoms with Gasteiger partial charge >= 0.3 is 5.69 Å². The normalized spacial score (nSPS) is 20.4. The summed E-state index contributed by atoms with van der Waals surface area (Å²) >= 11 is 0. The molecule has 0 saturated carbocycles. The quantitative estimate of drug-likeness (QED) is 0.678. The second-order valence-electron chi connectivity index (χ2n) is 4.09. The molecule has 1 unspecified atom stereocenters. The molecule has 0 amide bonds. The first-order chi connectivity index (χ1) is 7.77. The number of aryl methyl sites for hydroxylation is 1. The van der Waals surface area contributed by atoms with Gasteiger partial charge in [-0.15, -0.1) is 0 Å². The average Bonchev–Trinajstić information content (AvgIpc) is 2.88. The molecule has 16 heavy (non-hydrogen) atoms. The first-order valence-corrected chi connectivity index (χ1v) is 5.68. The van der Waals surface area contributed by atoms with Gasteiger partial charge in [0.05, 0.1) is 12.6 Å². The number of ether oxygens (including phenoxy) is 1. The van der Waals surface area contributed by atoms with Crippen LogP contribution in [0.5, 0.6) is 0 Å². The summed E-state index contributed by atoms with van der Waals surface area (Å²) in [5, 5.41) is 7.26. The van der Waals surface area contributed by atoms with Gasteiger partial charge in [-0.25, -0.2) is 9.48 Å². The van der Waals surface area contributed by atoms with Crippen LogP contribution in [-0.4, -0.2) is 40.1 Å². The Hall–Kier alpha value is -1.14. The Labute approximate surface area is 94.2 Å². The van der Waals surface area contributed by atoms with Crippen LogP contribution in [0.2, 0.25) is 0 Å². The van der Waals surface area contributed by atoms with Crippen LogP contribution in [0.4, 0.5) is 0 Å². The fourth-order valence-corrected chi connectivity index (χ4v) is 1.83. The molecule has 1 aromatic rings. The molecule has 0 aromatic carbocycles. The Kier molecular flexibility index (Phi) is 3.74. The standard InChI is InChI=1S/C10H18N4O2/c1-13-8-12-14(10(13)15)5-4-11-7-9-3-2-6-16-9/h8-9,11H,2-7H2,1H3.